The monoisotopic (exact) mass is 770 g/mol. The van der Waals surface area contributed by atoms with Crippen LogP contribution in [0.3, 0.4) is 0 Å². The number of hydrogen-bond acceptors (Lipinski definition) is 0. The molecule has 6 heteroatoms. The molecule has 0 saturated heterocycles. The van der Waals surface area contributed by atoms with Crippen molar-refractivity contribution >= 4 is 10.9 Å². The third kappa shape index (κ3) is 40.3. The van der Waals surface area contributed by atoms with Gasteiger partial charge in [-0.2, -0.15) is 24.3 Å². The Labute approximate surface area is 263 Å². The van der Waals surface area contributed by atoms with Gasteiger partial charge >= 0.3 is 83.7 Å². The molecule has 4 aliphatic carbocycles. The van der Waals surface area contributed by atoms with Crippen molar-refractivity contribution in [1.29, 1.82) is 0 Å². The fourth-order valence-electron chi connectivity index (χ4n) is 2.06. The first-order valence-electron chi connectivity index (χ1n) is 11.0. The quantitative estimate of drug-likeness (QED) is 0.262. The SMILES string of the molecule is CC1=[C-]CC=C1.CC1=[C-]CC=C1.CC1=[C-]CC=C1.CC1=[C-]CC=C1.C[Si](C)=[Zr+2].C[Si](C)=[Zr+2].[Br-].[Br-]. The molecule has 0 atom stereocenters. The Morgan fingerprint density at radius 1 is 0.500 bits per heavy atom. The smallest absolute Gasteiger partial charge is 1.00 e. The largest absolute Gasteiger partial charge is 1.00 e. The van der Waals surface area contributed by atoms with Gasteiger partial charge in [0.05, 0.1) is 0 Å². The van der Waals surface area contributed by atoms with E-state index < -0.39 is 0 Å². The normalized spacial score (nSPS) is 14.7. The molecule has 0 radical (unpaired) electrons. The maximum absolute atomic E-state index is 3.12. The average molecular weight is 775 g/mol. The predicted molar refractivity (Wildman–Crippen MR) is 140 cm³/mol. The van der Waals surface area contributed by atoms with Crippen LogP contribution in [0.15, 0.2) is 70.9 Å². The van der Waals surface area contributed by atoms with E-state index in [-0.39, 0.29) is 44.8 Å². The second-order valence-electron chi connectivity index (χ2n) is 7.87. The van der Waals surface area contributed by atoms with Crippen molar-refractivity contribution in [1.82, 2.24) is 0 Å². The van der Waals surface area contributed by atoms with Crippen molar-refractivity contribution in [3.63, 3.8) is 0 Å². The van der Waals surface area contributed by atoms with E-state index in [9.17, 15) is 0 Å². The number of hydrogen-bond donors (Lipinski definition) is 0. The summed E-state index contributed by atoms with van der Waals surface area (Å²) in [6.45, 7) is 17.5. The van der Waals surface area contributed by atoms with Gasteiger partial charge in [0, 0.05) is 0 Å². The van der Waals surface area contributed by atoms with Gasteiger partial charge in [0.1, 0.15) is 0 Å². The summed E-state index contributed by atoms with van der Waals surface area (Å²) < 4.78 is 0. The van der Waals surface area contributed by atoms with E-state index in [0.717, 1.165) is 25.7 Å². The van der Waals surface area contributed by atoms with Gasteiger partial charge in [0.25, 0.3) is 0 Å². The van der Waals surface area contributed by atoms with Crippen molar-refractivity contribution in [3.05, 3.63) is 95.2 Å². The molecule has 0 heterocycles. The summed E-state index contributed by atoms with van der Waals surface area (Å²) in [5.41, 5.74) is 5.51. The van der Waals surface area contributed by atoms with Crippen LogP contribution in [0.4, 0.5) is 0 Å². The van der Waals surface area contributed by atoms with Gasteiger partial charge in [-0.15, -0.1) is 25.7 Å². The fourth-order valence-corrected chi connectivity index (χ4v) is 2.06. The van der Waals surface area contributed by atoms with Crippen LogP contribution in [0, 0.1) is 24.3 Å². The summed E-state index contributed by atoms with van der Waals surface area (Å²) in [6, 6.07) is 0. The summed E-state index contributed by atoms with van der Waals surface area (Å²) in [5.74, 6) is 0. The van der Waals surface area contributed by atoms with Crippen molar-refractivity contribution in [2.75, 3.05) is 0 Å². The molecular weight excluding hydrogens is 735 g/mol. The van der Waals surface area contributed by atoms with Crippen molar-refractivity contribution in [3.8, 4) is 0 Å². The van der Waals surface area contributed by atoms with Gasteiger partial charge in [0.15, 0.2) is 0 Å². The first-order valence-corrected chi connectivity index (χ1v) is 23.4. The van der Waals surface area contributed by atoms with Crippen LogP contribution in [0.2, 0.25) is 26.2 Å². The Hall–Kier alpha value is 1.08. The molecule has 0 bridgehead atoms. The van der Waals surface area contributed by atoms with Crippen LogP contribution in [0.25, 0.3) is 0 Å². The molecule has 0 nitrogen and oxygen atoms in total. The fraction of sp³-hybridized carbons (Fsp3) is 0.429. The maximum Gasteiger partial charge on any atom is -1.00 e. The molecule has 34 heavy (non-hydrogen) atoms. The Balaban J connectivity index is -0.000000159. The third-order valence-electron chi connectivity index (χ3n) is 3.47. The zero-order valence-electron chi connectivity index (χ0n) is 22.2. The molecule has 4 aliphatic rings. The molecule has 0 fully saturated rings. The zero-order chi connectivity index (χ0) is 24.8. The minimum Gasteiger partial charge on any atom is -1.00 e. The predicted octanol–water partition coefficient (Wildman–Crippen LogP) is 2.36. The van der Waals surface area contributed by atoms with Gasteiger partial charge in [-0.05, 0) is 0 Å². The molecule has 4 rings (SSSR count). The maximum atomic E-state index is 3.12. The van der Waals surface area contributed by atoms with Crippen molar-refractivity contribution in [2.45, 2.75) is 79.6 Å². The summed E-state index contributed by atoms with van der Waals surface area (Å²) in [4.78, 5) is 0. The first kappa shape index (κ1) is 42.2. The molecule has 0 amide bonds. The van der Waals surface area contributed by atoms with Crippen LogP contribution in [-0.4, -0.2) is 10.9 Å². The number of rotatable bonds is 0. The van der Waals surface area contributed by atoms with Gasteiger partial charge in [-0.25, -0.2) is 46.6 Å². The molecule has 0 unspecified atom stereocenters. The van der Waals surface area contributed by atoms with Crippen LogP contribution < -0.4 is 34.0 Å². The molecule has 0 aromatic heterocycles. The topological polar surface area (TPSA) is 0 Å². The van der Waals surface area contributed by atoms with E-state index in [1.807, 2.05) is 0 Å². The van der Waals surface area contributed by atoms with Gasteiger partial charge < -0.3 is 34.0 Å². The third-order valence-corrected chi connectivity index (χ3v) is 3.47. The second-order valence-corrected chi connectivity index (χ2v) is 26.6. The van der Waals surface area contributed by atoms with Crippen LogP contribution in [-0.2, 0) is 46.7 Å². The molecule has 0 saturated carbocycles. The number of allylic oxidation sites excluding steroid dienone is 16. The molecule has 0 aliphatic heterocycles. The Morgan fingerprint density at radius 3 is 0.676 bits per heavy atom. The van der Waals surface area contributed by atoms with E-state index >= 15 is 0 Å². The van der Waals surface area contributed by atoms with E-state index in [0.29, 0.717) is 0 Å². The Bertz CT molecular complexity index is 669. The van der Waals surface area contributed by atoms with E-state index in [2.05, 4.69) is 127 Å². The van der Waals surface area contributed by atoms with Crippen molar-refractivity contribution < 1.29 is 80.6 Å². The minimum absolute atomic E-state index is 0. The first-order chi connectivity index (χ1) is 15.0. The standard InChI is InChI=1S/4C6H7.2C2H6Si.2BrH.2Zr/c4*1-6-4-2-3-5-6;2*1-3-2;;;;/h4*2,4H,3H2,1H3;2*1-2H3;2*1H;;/q4*-1;;;;;2*+2/p-2. The van der Waals surface area contributed by atoms with Gasteiger partial charge in [0.2, 0.25) is 0 Å². The number of halogens is 2. The Kier molecular flexibility index (Phi) is 37.6. The molecule has 0 aromatic rings. The molecule has 0 aromatic carbocycles. The average Bonchev–Trinajstić information content (AvgIpc) is 3.47. The molecule has 184 valence electrons. The van der Waals surface area contributed by atoms with E-state index in [1.54, 1.807) is 46.7 Å². The minimum atomic E-state index is 0. The summed E-state index contributed by atoms with van der Waals surface area (Å²) in [6.07, 6.45) is 33.3. The van der Waals surface area contributed by atoms with Crippen LogP contribution in [0.5, 0.6) is 0 Å². The second kappa shape index (κ2) is 30.3. The summed E-state index contributed by atoms with van der Waals surface area (Å²) in [7, 11) is 0. The zero-order valence-corrected chi connectivity index (χ0v) is 32.3. The molecule has 0 spiro atoms. The van der Waals surface area contributed by atoms with Gasteiger partial charge in [-0.1, -0.05) is 27.7 Å². The van der Waals surface area contributed by atoms with Gasteiger partial charge in [-0.3, -0.25) is 24.3 Å². The Morgan fingerprint density at radius 2 is 0.647 bits per heavy atom. The summed E-state index contributed by atoms with van der Waals surface area (Å²) in [5, 5.41) is 0. The van der Waals surface area contributed by atoms with Crippen molar-refractivity contribution in [2.24, 2.45) is 0 Å². The van der Waals surface area contributed by atoms with E-state index in [4.69, 9.17) is 0 Å². The molecule has 0 N–H and O–H groups in total. The van der Waals surface area contributed by atoms with Crippen LogP contribution >= 0.6 is 0 Å². The summed E-state index contributed by atoms with van der Waals surface area (Å²) >= 11 is 3.48. The molecular formula is C28H40Br2Si2Zr2-2. The van der Waals surface area contributed by atoms with E-state index in [1.165, 1.54) is 22.3 Å². The van der Waals surface area contributed by atoms with Crippen LogP contribution in [0.1, 0.15) is 53.4 Å².